The number of ether oxygens (including phenoxy) is 1. The van der Waals surface area contributed by atoms with Crippen molar-refractivity contribution in [2.75, 3.05) is 19.8 Å². The van der Waals surface area contributed by atoms with Gasteiger partial charge in [-0.2, -0.15) is 0 Å². The van der Waals surface area contributed by atoms with Crippen LogP contribution in [0, 0.1) is 5.92 Å². The fraction of sp³-hybridized carbons (Fsp3) is 0.625. The third kappa shape index (κ3) is 4.84. The summed E-state index contributed by atoms with van der Waals surface area (Å²) in [7, 11) is 0. The fourth-order valence-electron chi connectivity index (χ4n) is 1.82. The molecule has 0 aliphatic carbocycles. The minimum atomic E-state index is -0.395. The first kappa shape index (κ1) is 16.0. The van der Waals surface area contributed by atoms with Crippen LogP contribution in [0.5, 0.6) is 5.75 Å². The average molecular weight is 265 g/mol. The topological polar surface area (TPSA) is 41.5 Å². The molecule has 0 bridgehead atoms. The largest absolute Gasteiger partial charge is 0.494 e. The van der Waals surface area contributed by atoms with Gasteiger partial charge in [-0.25, -0.2) is 0 Å². The molecule has 3 nitrogen and oxygen atoms in total. The average Bonchev–Trinajstić information content (AvgIpc) is 2.43. The van der Waals surface area contributed by atoms with Gasteiger partial charge in [0.25, 0.3) is 0 Å². The van der Waals surface area contributed by atoms with Crippen LogP contribution in [0.15, 0.2) is 24.3 Å². The SMILES string of the molecule is CCCOc1ccc(C(C)(CO)NCC(C)C)cc1. The Balaban J connectivity index is 2.74. The highest BCUT2D eigenvalue weighted by Crippen LogP contribution is 2.23. The molecule has 1 rings (SSSR count). The number of aliphatic hydroxyl groups is 1. The normalized spacial score (nSPS) is 14.4. The Morgan fingerprint density at radius 3 is 2.37 bits per heavy atom. The number of nitrogens with one attached hydrogen (secondary N) is 1. The van der Waals surface area contributed by atoms with Crippen molar-refractivity contribution >= 4 is 0 Å². The summed E-state index contributed by atoms with van der Waals surface area (Å²) in [6.07, 6.45) is 1.01. The number of hydrogen-bond donors (Lipinski definition) is 2. The lowest BCUT2D eigenvalue weighted by Gasteiger charge is -2.30. The maximum absolute atomic E-state index is 9.67. The lowest BCUT2D eigenvalue weighted by molar-refractivity contribution is 0.171. The number of hydrogen-bond acceptors (Lipinski definition) is 3. The van der Waals surface area contributed by atoms with Crippen LogP contribution < -0.4 is 10.1 Å². The van der Waals surface area contributed by atoms with Gasteiger partial charge in [-0.15, -0.1) is 0 Å². The smallest absolute Gasteiger partial charge is 0.119 e. The van der Waals surface area contributed by atoms with Crippen molar-refractivity contribution < 1.29 is 9.84 Å². The molecule has 1 atom stereocenters. The Morgan fingerprint density at radius 2 is 1.89 bits per heavy atom. The summed E-state index contributed by atoms with van der Waals surface area (Å²) in [5, 5.41) is 13.1. The first-order valence-electron chi connectivity index (χ1n) is 7.11. The molecule has 1 aromatic carbocycles. The van der Waals surface area contributed by atoms with Crippen LogP contribution in [0.3, 0.4) is 0 Å². The molecule has 1 aromatic rings. The van der Waals surface area contributed by atoms with Crippen molar-refractivity contribution in [3.8, 4) is 5.75 Å². The molecule has 0 aliphatic rings. The lowest BCUT2D eigenvalue weighted by Crippen LogP contribution is -2.44. The van der Waals surface area contributed by atoms with Crippen molar-refractivity contribution in [3.63, 3.8) is 0 Å². The molecular weight excluding hydrogens is 238 g/mol. The van der Waals surface area contributed by atoms with Crippen LogP contribution in [0.4, 0.5) is 0 Å². The second kappa shape index (κ2) is 7.51. The predicted octanol–water partition coefficient (Wildman–Crippen LogP) is 2.93. The second-order valence-electron chi connectivity index (χ2n) is 5.64. The first-order chi connectivity index (χ1) is 9.01. The molecule has 0 amide bonds. The molecule has 0 spiro atoms. The van der Waals surface area contributed by atoms with Crippen molar-refractivity contribution in [2.24, 2.45) is 5.92 Å². The van der Waals surface area contributed by atoms with Crippen LogP contribution >= 0.6 is 0 Å². The van der Waals surface area contributed by atoms with Crippen LogP contribution in [0.2, 0.25) is 0 Å². The van der Waals surface area contributed by atoms with E-state index < -0.39 is 5.54 Å². The summed E-state index contributed by atoms with van der Waals surface area (Å²) in [5.41, 5.74) is 0.688. The van der Waals surface area contributed by atoms with E-state index in [1.807, 2.05) is 31.2 Å². The van der Waals surface area contributed by atoms with E-state index >= 15 is 0 Å². The Labute approximate surface area is 117 Å². The number of aliphatic hydroxyl groups excluding tert-OH is 1. The summed E-state index contributed by atoms with van der Waals surface area (Å²) in [6.45, 7) is 10.1. The highest BCUT2D eigenvalue weighted by atomic mass is 16.5. The van der Waals surface area contributed by atoms with E-state index in [0.29, 0.717) is 5.92 Å². The quantitative estimate of drug-likeness (QED) is 0.759. The van der Waals surface area contributed by atoms with Crippen LogP contribution in [0.25, 0.3) is 0 Å². The third-order valence-electron chi connectivity index (χ3n) is 3.18. The molecule has 0 saturated heterocycles. The molecule has 108 valence electrons. The molecule has 0 heterocycles. The molecule has 0 saturated carbocycles. The number of rotatable bonds is 8. The maximum atomic E-state index is 9.67. The third-order valence-corrected chi connectivity index (χ3v) is 3.18. The van der Waals surface area contributed by atoms with E-state index in [-0.39, 0.29) is 6.61 Å². The van der Waals surface area contributed by atoms with Crippen molar-refractivity contribution in [3.05, 3.63) is 29.8 Å². The number of benzene rings is 1. The van der Waals surface area contributed by atoms with Crippen LogP contribution in [0.1, 0.15) is 39.7 Å². The summed E-state index contributed by atoms with van der Waals surface area (Å²) in [6, 6.07) is 7.98. The highest BCUT2D eigenvalue weighted by molar-refractivity contribution is 5.31. The van der Waals surface area contributed by atoms with E-state index in [2.05, 4.69) is 26.1 Å². The predicted molar refractivity (Wildman–Crippen MR) is 79.5 cm³/mol. The molecule has 1 unspecified atom stereocenters. The highest BCUT2D eigenvalue weighted by Gasteiger charge is 2.25. The van der Waals surface area contributed by atoms with Gasteiger partial charge in [-0.05, 0) is 43.5 Å². The van der Waals surface area contributed by atoms with Gasteiger partial charge in [0.2, 0.25) is 0 Å². The first-order valence-corrected chi connectivity index (χ1v) is 7.11. The lowest BCUT2D eigenvalue weighted by atomic mass is 9.92. The zero-order valence-electron chi connectivity index (χ0n) is 12.6. The Morgan fingerprint density at radius 1 is 1.26 bits per heavy atom. The maximum Gasteiger partial charge on any atom is 0.119 e. The second-order valence-corrected chi connectivity index (χ2v) is 5.64. The van der Waals surface area contributed by atoms with Crippen LogP contribution in [-0.2, 0) is 5.54 Å². The molecule has 19 heavy (non-hydrogen) atoms. The zero-order valence-corrected chi connectivity index (χ0v) is 12.6. The van der Waals surface area contributed by atoms with Gasteiger partial charge in [0.15, 0.2) is 0 Å². The van der Waals surface area contributed by atoms with Crippen LogP contribution in [-0.4, -0.2) is 24.9 Å². The molecule has 0 fully saturated rings. The van der Waals surface area contributed by atoms with Gasteiger partial charge in [-0.1, -0.05) is 32.9 Å². The standard InChI is InChI=1S/C16H27NO2/c1-5-10-19-15-8-6-14(7-9-15)16(4,12-18)17-11-13(2)3/h6-9,13,17-18H,5,10-12H2,1-4H3. The van der Waals surface area contributed by atoms with Gasteiger partial charge in [0.1, 0.15) is 5.75 Å². The summed E-state index contributed by atoms with van der Waals surface area (Å²) in [4.78, 5) is 0. The van der Waals surface area contributed by atoms with Gasteiger partial charge in [0, 0.05) is 0 Å². The van der Waals surface area contributed by atoms with E-state index in [1.165, 1.54) is 0 Å². The molecule has 0 aliphatic heterocycles. The molecule has 0 aromatic heterocycles. The van der Waals surface area contributed by atoms with E-state index in [9.17, 15) is 5.11 Å². The summed E-state index contributed by atoms with van der Waals surface area (Å²) < 4.78 is 5.57. The fourth-order valence-corrected chi connectivity index (χ4v) is 1.82. The van der Waals surface area contributed by atoms with E-state index in [4.69, 9.17) is 4.74 Å². The van der Waals surface area contributed by atoms with Gasteiger partial charge in [0.05, 0.1) is 18.8 Å². The Bertz CT molecular complexity index is 362. The molecular formula is C16H27NO2. The van der Waals surface area contributed by atoms with Crippen molar-refractivity contribution in [1.82, 2.24) is 5.32 Å². The molecule has 3 heteroatoms. The summed E-state index contributed by atoms with van der Waals surface area (Å²) >= 11 is 0. The monoisotopic (exact) mass is 265 g/mol. The van der Waals surface area contributed by atoms with Crippen molar-refractivity contribution in [2.45, 2.75) is 39.7 Å². The van der Waals surface area contributed by atoms with Gasteiger partial charge in [-0.3, -0.25) is 0 Å². The zero-order chi connectivity index (χ0) is 14.3. The molecule has 2 N–H and O–H groups in total. The van der Waals surface area contributed by atoms with Gasteiger partial charge < -0.3 is 15.2 Å². The molecule has 0 radical (unpaired) electrons. The minimum absolute atomic E-state index is 0.0783. The minimum Gasteiger partial charge on any atom is -0.494 e. The van der Waals surface area contributed by atoms with Gasteiger partial charge >= 0.3 is 0 Å². The Kier molecular flexibility index (Phi) is 6.32. The van der Waals surface area contributed by atoms with Crippen molar-refractivity contribution in [1.29, 1.82) is 0 Å². The summed E-state index contributed by atoms with van der Waals surface area (Å²) in [5.74, 6) is 1.44. The Hall–Kier alpha value is -1.06. The van der Waals surface area contributed by atoms with E-state index in [1.54, 1.807) is 0 Å². The van der Waals surface area contributed by atoms with E-state index in [0.717, 1.165) is 30.9 Å².